The van der Waals surface area contributed by atoms with E-state index in [9.17, 15) is 0 Å². The first-order chi connectivity index (χ1) is 8.43. The summed E-state index contributed by atoms with van der Waals surface area (Å²) in [5, 5.41) is 1.05. The van der Waals surface area contributed by atoms with Gasteiger partial charge in [0.05, 0.1) is 13.2 Å². The van der Waals surface area contributed by atoms with Crippen LogP contribution >= 0.6 is 8.60 Å². The lowest BCUT2D eigenvalue weighted by Crippen LogP contribution is -2.08. The van der Waals surface area contributed by atoms with Crippen LogP contribution in [0, 0.1) is 0 Å². The lowest BCUT2D eigenvalue weighted by Gasteiger charge is -2.21. The maximum atomic E-state index is 5.73. The molecule has 17 heavy (non-hydrogen) atoms. The Morgan fingerprint density at radius 1 is 1.12 bits per heavy atom. The summed E-state index contributed by atoms with van der Waals surface area (Å²) in [7, 11) is -1.26. The van der Waals surface area contributed by atoms with Crippen molar-refractivity contribution in [2.45, 2.75) is 6.42 Å². The molecule has 0 aliphatic carbocycles. The van der Waals surface area contributed by atoms with E-state index < -0.39 is 8.60 Å². The van der Waals surface area contributed by atoms with Gasteiger partial charge in [-0.3, -0.25) is 4.98 Å². The van der Waals surface area contributed by atoms with Crippen molar-refractivity contribution >= 4 is 19.5 Å². The molecule has 0 N–H and O–H groups in total. The maximum absolute atomic E-state index is 5.73. The minimum absolute atomic E-state index is 0.698. The van der Waals surface area contributed by atoms with E-state index in [0.29, 0.717) is 13.2 Å². The normalized spacial score (nSPS) is 17.2. The van der Waals surface area contributed by atoms with Gasteiger partial charge in [0.1, 0.15) is 5.52 Å². The Bertz CT molecular complexity index is 509. The number of para-hydroxylation sites is 1. The number of pyridine rings is 1. The zero-order valence-electron chi connectivity index (χ0n) is 9.20. The molecule has 1 aliphatic heterocycles. The molecule has 1 aliphatic rings. The molecule has 0 spiro atoms. The third-order valence-electron chi connectivity index (χ3n) is 2.45. The minimum atomic E-state index is -1.26. The topological polar surface area (TPSA) is 40.6 Å². The smallest absolute Gasteiger partial charge is 0.397 e. The van der Waals surface area contributed by atoms with E-state index in [1.54, 1.807) is 6.20 Å². The van der Waals surface area contributed by atoms with Crippen LogP contribution in [-0.2, 0) is 9.05 Å². The molecule has 0 bridgehead atoms. The van der Waals surface area contributed by atoms with Gasteiger partial charge in [0.2, 0.25) is 0 Å². The summed E-state index contributed by atoms with van der Waals surface area (Å²) in [6, 6.07) is 9.75. The molecule has 0 saturated carbocycles. The standard InChI is InChI=1S/C12H12NO3P/c1-4-10-5-2-7-13-12(10)11(6-1)16-17-14-8-3-9-15-17/h1-2,4-7H,3,8-9H2. The average Bonchev–Trinajstić information content (AvgIpc) is 2.40. The van der Waals surface area contributed by atoms with Crippen molar-refractivity contribution in [2.24, 2.45) is 0 Å². The van der Waals surface area contributed by atoms with E-state index in [0.717, 1.165) is 23.1 Å². The van der Waals surface area contributed by atoms with Crippen LogP contribution in [0.4, 0.5) is 0 Å². The molecule has 0 unspecified atom stereocenters. The Morgan fingerprint density at radius 2 is 1.94 bits per heavy atom. The van der Waals surface area contributed by atoms with Crippen molar-refractivity contribution in [3.8, 4) is 5.75 Å². The van der Waals surface area contributed by atoms with Gasteiger partial charge in [-0.2, -0.15) is 0 Å². The van der Waals surface area contributed by atoms with E-state index >= 15 is 0 Å². The number of rotatable bonds is 2. The zero-order chi connectivity index (χ0) is 11.5. The summed E-state index contributed by atoms with van der Waals surface area (Å²) in [5.74, 6) is 0.719. The van der Waals surface area contributed by atoms with Gasteiger partial charge < -0.3 is 13.6 Å². The van der Waals surface area contributed by atoms with Crippen LogP contribution in [0.5, 0.6) is 5.75 Å². The summed E-state index contributed by atoms with van der Waals surface area (Å²) < 4.78 is 16.6. The van der Waals surface area contributed by atoms with Crippen molar-refractivity contribution in [3.05, 3.63) is 36.5 Å². The van der Waals surface area contributed by atoms with Gasteiger partial charge in [0, 0.05) is 11.6 Å². The number of aromatic nitrogens is 1. The quantitative estimate of drug-likeness (QED) is 0.766. The van der Waals surface area contributed by atoms with Crippen molar-refractivity contribution in [2.75, 3.05) is 13.2 Å². The average molecular weight is 249 g/mol. The Hall–Kier alpha value is -1.22. The highest BCUT2D eigenvalue weighted by Crippen LogP contribution is 2.44. The zero-order valence-corrected chi connectivity index (χ0v) is 10.1. The fraction of sp³-hybridized carbons (Fsp3) is 0.250. The molecule has 2 heterocycles. The third kappa shape index (κ3) is 2.39. The number of hydrogen-bond acceptors (Lipinski definition) is 4. The molecule has 1 saturated heterocycles. The van der Waals surface area contributed by atoms with Gasteiger partial charge in [0.25, 0.3) is 0 Å². The van der Waals surface area contributed by atoms with Crippen molar-refractivity contribution in [1.29, 1.82) is 0 Å². The van der Waals surface area contributed by atoms with Crippen LogP contribution < -0.4 is 4.52 Å². The van der Waals surface area contributed by atoms with Crippen LogP contribution in [0.15, 0.2) is 36.5 Å². The molecule has 2 aromatic rings. The molecule has 88 valence electrons. The van der Waals surface area contributed by atoms with Crippen LogP contribution in [0.2, 0.25) is 0 Å². The lowest BCUT2D eigenvalue weighted by molar-refractivity contribution is 0.148. The van der Waals surface area contributed by atoms with Crippen LogP contribution in [0.25, 0.3) is 10.9 Å². The SMILES string of the molecule is c1cnc2c(OP3OCCCO3)cccc2c1. The van der Waals surface area contributed by atoms with E-state index in [1.807, 2.05) is 30.3 Å². The molecular formula is C12H12NO3P. The highest BCUT2D eigenvalue weighted by Gasteiger charge is 2.19. The van der Waals surface area contributed by atoms with Gasteiger partial charge in [-0.1, -0.05) is 18.2 Å². The molecule has 4 nitrogen and oxygen atoms in total. The summed E-state index contributed by atoms with van der Waals surface area (Å²) in [5.41, 5.74) is 0.843. The number of fused-ring (bicyclic) bond motifs is 1. The summed E-state index contributed by atoms with van der Waals surface area (Å²) in [6.45, 7) is 1.40. The Labute approximate surface area is 101 Å². The van der Waals surface area contributed by atoms with Crippen LogP contribution in [0.3, 0.4) is 0 Å². The van der Waals surface area contributed by atoms with Gasteiger partial charge in [0.15, 0.2) is 5.75 Å². The monoisotopic (exact) mass is 249 g/mol. The van der Waals surface area contributed by atoms with Crippen molar-refractivity contribution in [3.63, 3.8) is 0 Å². The Kier molecular flexibility index (Phi) is 3.18. The maximum Gasteiger partial charge on any atom is 0.397 e. The second kappa shape index (κ2) is 4.96. The predicted molar refractivity (Wildman–Crippen MR) is 65.8 cm³/mol. The summed E-state index contributed by atoms with van der Waals surface area (Å²) >= 11 is 0. The van der Waals surface area contributed by atoms with Gasteiger partial charge in [-0.05, 0) is 18.6 Å². The van der Waals surface area contributed by atoms with E-state index in [4.69, 9.17) is 13.6 Å². The number of benzene rings is 1. The molecule has 1 aromatic heterocycles. The molecule has 0 amide bonds. The van der Waals surface area contributed by atoms with Gasteiger partial charge >= 0.3 is 8.60 Å². The highest BCUT2D eigenvalue weighted by atomic mass is 31.2. The highest BCUT2D eigenvalue weighted by molar-refractivity contribution is 7.42. The Balaban J connectivity index is 1.89. The van der Waals surface area contributed by atoms with Crippen molar-refractivity contribution in [1.82, 2.24) is 4.98 Å². The molecule has 0 atom stereocenters. The summed E-state index contributed by atoms with van der Waals surface area (Å²) in [6.07, 6.45) is 2.68. The fourth-order valence-electron chi connectivity index (χ4n) is 1.66. The second-order valence-corrected chi connectivity index (χ2v) is 4.81. The largest absolute Gasteiger partial charge is 0.424 e. The molecule has 3 rings (SSSR count). The molecule has 5 heteroatoms. The number of hydrogen-bond donors (Lipinski definition) is 0. The molecule has 1 aromatic carbocycles. The first kappa shape index (κ1) is 10.9. The number of nitrogens with zero attached hydrogens (tertiary/aromatic N) is 1. The second-order valence-electron chi connectivity index (χ2n) is 3.67. The Morgan fingerprint density at radius 3 is 2.82 bits per heavy atom. The first-order valence-corrected chi connectivity index (χ1v) is 6.61. The van der Waals surface area contributed by atoms with E-state index in [2.05, 4.69) is 4.98 Å². The predicted octanol–water partition coefficient (Wildman–Crippen LogP) is 3.28. The molecule has 1 fully saturated rings. The van der Waals surface area contributed by atoms with E-state index in [-0.39, 0.29) is 0 Å². The minimum Gasteiger partial charge on any atom is -0.424 e. The fourth-order valence-corrected chi connectivity index (χ4v) is 2.70. The van der Waals surface area contributed by atoms with Gasteiger partial charge in [-0.25, -0.2) is 0 Å². The lowest BCUT2D eigenvalue weighted by atomic mass is 10.2. The molecule has 0 radical (unpaired) electrons. The van der Waals surface area contributed by atoms with E-state index in [1.165, 1.54) is 0 Å². The van der Waals surface area contributed by atoms with Crippen LogP contribution in [0.1, 0.15) is 6.42 Å². The van der Waals surface area contributed by atoms with Crippen LogP contribution in [-0.4, -0.2) is 18.2 Å². The van der Waals surface area contributed by atoms with Gasteiger partial charge in [-0.15, -0.1) is 0 Å². The van der Waals surface area contributed by atoms with Crippen molar-refractivity contribution < 1.29 is 13.6 Å². The first-order valence-electron chi connectivity index (χ1n) is 5.51. The third-order valence-corrected chi connectivity index (χ3v) is 3.58. The summed E-state index contributed by atoms with van der Waals surface area (Å²) in [4.78, 5) is 4.32. The molecular weight excluding hydrogens is 237 g/mol.